The van der Waals surface area contributed by atoms with Crippen molar-refractivity contribution in [2.45, 2.75) is 72.3 Å². The van der Waals surface area contributed by atoms with Crippen molar-refractivity contribution in [2.75, 3.05) is 6.61 Å². The fraction of sp³-hybridized carbons (Fsp3) is 0.850. The monoisotopic (exact) mass is 320 g/mol. The Morgan fingerprint density at radius 2 is 1.87 bits per heavy atom. The van der Waals surface area contributed by atoms with E-state index in [0.717, 1.165) is 32.1 Å². The van der Waals surface area contributed by atoms with E-state index in [-0.39, 0.29) is 22.9 Å². The molecule has 0 saturated heterocycles. The van der Waals surface area contributed by atoms with Gasteiger partial charge >= 0.3 is 0 Å². The molecular formula is C20H32O3. The van der Waals surface area contributed by atoms with Gasteiger partial charge in [-0.15, -0.1) is 0 Å². The molecule has 0 amide bonds. The number of hydrogen-bond donors (Lipinski definition) is 2. The number of hydrogen-bond acceptors (Lipinski definition) is 3. The predicted molar refractivity (Wildman–Crippen MR) is 90.9 cm³/mol. The van der Waals surface area contributed by atoms with Gasteiger partial charge in [-0.3, -0.25) is 4.79 Å². The highest BCUT2D eigenvalue weighted by Gasteiger charge is 2.58. The van der Waals surface area contributed by atoms with Crippen molar-refractivity contribution >= 4 is 5.78 Å². The molecule has 0 aromatic heterocycles. The zero-order chi connectivity index (χ0) is 17.0. The minimum absolute atomic E-state index is 0.198. The maximum absolute atomic E-state index is 12.9. The summed E-state index contributed by atoms with van der Waals surface area (Å²) in [5.74, 6) is 1.24. The zero-order valence-corrected chi connectivity index (χ0v) is 15.1. The number of aliphatic hydroxyl groups is 2. The largest absolute Gasteiger partial charge is 0.394 e. The molecule has 0 spiro atoms. The summed E-state index contributed by atoms with van der Waals surface area (Å²) in [5, 5.41) is 19.6. The molecule has 3 heteroatoms. The average molecular weight is 320 g/mol. The van der Waals surface area contributed by atoms with Crippen LogP contribution in [0.4, 0.5) is 0 Å². The molecule has 2 saturated carbocycles. The SMILES string of the molecule is CC1(C)CCC(=O)C2(C)C3CCC(C)(C(O)CO)C=C3CCC12. The van der Waals surface area contributed by atoms with E-state index in [1.165, 1.54) is 5.57 Å². The van der Waals surface area contributed by atoms with Gasteiger partial charge in [0, 0.05) is 17.3 Å². The van der Waals surface area contributed by atoms with Crippen LogP contribution in [-0.4, -0.2) is 28.7 Å². The molecule has 23 heavy (non-hydrogen) atoms. The third-order valence-corrected chi connectivity index (χ3v) is 7.58. The highest BCUT2D eigenvalue weighted by atomic mass is 16.3. The molecule has 130 valence electrons. The van der Waals surface area contributed by atoms with Gasteiger partial charge in [0.05, 0.1) is 12.7 Å². The smallest absolute Gasteiger partial charge is 0.139 e. The first-order valence-electron chi connectivity index (χ1n) is 9.19. The number of ketones is 1. The number of allylic oxidation sites excluding steroid dienone is 1. The second-order valence-electron chi connectivity index (χ2n) is 9.30. The lowest BCUT2D eigenvalue weighted by molar-refractivity contribution is -0.149. The highest BCUT2D eigenvalue weighted by molar-refractivity contribution is 5.87. The van der Waals surface area contributed by atoms with Crippen molar-refractivity contribution in [3.05, 3.63) is 11.6 Å². The van der Waals surface area contributed by atoms with Crippen molar-refractivity contribution in [3.63, 3.8) is 0 Å². The van der Waals surface area contributed by atoms with Crippen LogP contribution in [0.2, 0.25) is 0 Å². The number of carbonyl (C=O) groups is 1. The molecule has 3 rings (SSSR count). The first kappa shape index (κ1) is 17.2. The molecule has 5 unspecified atom stereocenters. The van der Waals surface area contributed by atoms with Gasteiger partial charge in [-0.2, -0.15) is 0 Å². The topological polar surface area (TPSA) is 57.5 Å². The molecule has 0 heterocycles. The first-order chi connectivity index (χ1) is 10.6. The molecule has 5 atom stereocenters. The van der Waals surface area contributed by atoms with Crippen molar-refractivity contribution in [1.29, 1.82) is 0 Å². The Hall–Kier alpha value is -0.670. The van der Waals surface area contributed by atoms with Crippen LogP contribution in [0.15, 0.2) is 11.6 Å². The van der Waals surface area contributed by atoms with E-state index < -0.39 is 6.10 Å². The van der Waals surface area contributed by atoms with Gasteiger partial charge in [0.1, 0.15) is 5.78 Å². The summed E-state index contributed by atoms with van der Waals surface area (Å²) >= 11 is 0. The van der Waals surface area contributed by atoms with Crippen molar-refractivity contribution in [3.8, 4) is 0 Å². The highest BCUT2D eigenvalue weighted by Crippen LogP contribution is 2.62. The van der Waals surface area contributed by atoms with Gasteiger partial charge in [0.15, 0.2) is 0 Å². The normalized spacial score (nSPS) is 44.1. The molecule has 2 N–H and O–H groups in total. The van der Waals surface area contributed by atoms with Crippen molar-refractivity contribution in [2.24, 2.45) is 28.1 Å². The van der Waals surface area contributed by atoms with Gasteiger partial charge < -0.3 is 10.2 Å². The average Bonchev–Trinajstić information content (AvgIpc) is 2.50. The minimum Gasteiger partial charge on any atom is -0.394 e. The van der Waals surface area contributed by atoms with Gasteiger partial charge in [-0.05, 0) is 49.4 Å². The Balaban J connectivity index is 1.99. The summed E-state index contributed by atoms with van der Waals surface area (Å²) in [6.45, 7) is 8.72. The Labute approximate surface area is 140 Å². The summed E-state index contributed by atoms with van der Waals surface area (Å²) in [5.41, 5.74) is 1.00. The van der Waals surface area contributed by atoms with E-state index in [1.807, 2.05) is 6.92 Å². The second-order valence-corrected chi connectivity index (χ2v) is 9.30. The Morgan fingerprint density at radius 3 is 2.52 bits per heavy atom. The van der Waals surface area contributed by atoms with E-state index in [4.69, 9.17) is 0 Å². The second kappa shape index (κ2) is 5.42. The summed E-state index contributed by atoms with van der Waals surface area (Å²) in [4.78, 5) is 12.9. The zero-order valence-electron chi connectivity index (χ0n) is 15.1. The van der Waals surface area contributed by atoms with E-state index in [0.29, 0.717) is 24.0 Å². The van der Waals surface area contributed by atoms with Crippen LogP contribution in [0, 0.1) is 28.1 Å². The summed E-state index contributed by atoms with van der Waals surface area (Å²) < 4.78 is 0. The number of rotatable bonds is 2. The first-order valence-corrected chi connectivity index (χ1v) is 9.19. The molecule has 0 radical (unpaired) electrons. The van der Waals surface area contributed by atoms with Gasteiger partial charge in [-0.25, -0.2) is 0 Å². The molecule has 3 nitrogen and oxygen atoms in total. The summed E-state index contributed by atoms with van der Waals surface area (Å²) in [6.07, 6.45) is 7.13. The predicted octanol–water partition coefficient (Wildman–Crippen LogP) is 3.49. The lowest BCUT2D eigenvalue weighted by Crippen LogP contribution is -2.56. The van der Waals surface area contributed by atoms with E-state index in [9.17, 15) is 15.0 Å². The number of fused-ring (bicyclic) bond motifs is 3. The molecule has 0 bridgehead atoms. The molecule has 0 aromatic rings. The Bertz CT molecular complexity index is 535. The number of Topliss-reactive ketones (excluding diaryl/α,β-unsaturated/α-hetero) is 1. The van der Waals surface area contributed by atoms with Gasteiger partial charge in [0.25, 0.3) is 0 Å². The van der Waals surface area contributed by atoms with E-state index in [1.54, 1.807) is 0 Å². The molecule has 3 aliphatic rings. The van der Waals surface area contributed by atoms with Crippen LogP contribution in [0.5, 0.6) is 0 Å². The summed E-state index contributed by atoms with van der Waals surface area (Å²) in [7, 11) is 0. The third-order valence-electron chi connectivity index (χ3n) is 7.58. The molecule has 3 aliphatic carbocycles. The lowest BCUT2D eigenvalue weighted by Gasteiger charge is -2.58. The Morgan fingerprint density at radius 1 is 1.17 bits per heavy atom. The van der Waals surface area contributed by atoms with Crippen LogP contribution in [0.1, 0.15) is 66.2 Å². The van der Waals surface area contributed by atoms with E-state index in [2.05, 4.69) is 26.8 Å². The summed E-state index contributed by atoms with van der Waals surface area (Å²) in [6, 6.07) is 0. The van der Waals surface area contributed by atoms with Crippen LogP contribution in [-0.2, 0) is 4.79 Å². The molecule has 0 aliphatic heterocycles. The standard InChI is InChI=1S/C20H32O3/c1-18(2)9-8-16(22)20(4)14-7-10-19(3,17(23)12-21)11-13(14)5-6-15(18)20/h11,14-15,17,21,23H,5-10,12H2,1-4H3. The van der Waals surface area contributed by atoms with Crippen LogP contribution in [0.3, 0.4) is 0 Å². The quantitative estimate of drug-likeness (QED) is 0.766. The fourth-order valence-electron chi connectivity index (χ4n) is 5.96. The number of carbonyl (C=O) groups excluding carboxylic acids is 1. The van der Waals surface area contributed by atoms with Crippen molar-refractivity contribution < 1.29 is 15.0 Å². The third kappa shape index (κ3) is 2.42. The molecule has 2 fully saturated rings. The molecular weight excluding hydrogens is 288 g/mol. The van der Waals surface area contributed by atoms with E-state index >= 15 is 0 Å². The van der Waals surface area contributed by atoms with Crippen LogP contribution in [0.25, 0.3) is 0 Å². The van der Waals surface area contributed by atoms with Gasteiger partial charge in [-0.1, -0.05) is 39.3 Å². The molecule has 0 aromatic carbocycles. The van der Waals surface area contributed by atoms with Crippen LogP contribution < -0.4 is 0 Å². The van der Waals surface area contributed by atoms with Crippen molar-refractivity contribution in [1.82, 2.24) is 0 Å². The number of aliphatic hydroxyl groups excluding tert-OH is 2. The van der Waals surface area contributed by atoms with Crippen LogP contribution >= 0.6 is 0 Å². The minimum atomic E-state index is -0.708. The lowest BCUT2D eigenvalue weighted by atomic mass is 9.45. The fourth-order valence-corrected chi connectivity index (χ4v) is 5.96. The maximum atomic E-state index is 12.9. The van der Waals surface area contributed by atoms with Gasteiger partial charge in [0.2, 0.25) is 0 Å². The maximum Gasteiger partial charge on any atom is 0.139 e. The Kier molecular flexibility index (Phi) is 4.04.